The normalized spacial score (nSPS) is 11.9. The number of carbonyl (C=O) groups is 2. The van der Waals surface area contributed by atoms with E-state index in [-0.39, 0.29) is 17.2 Å². The second kappa shape index (κ2) is 6.79. The van der Waals surface area contributed by atoms with Crippen molar-refractivity contribution in [2.24, 2.45) is 0 Å². The van der Waals surface area contributed by atoms with Crippen LogP contribution in [0.15, 0.2) is 24.3 Å². The predicted octanol–water partition coefficient (Wildman–Crippen LogP) is 3.12. The lowest BCUT2D eigenvalue weighted by atomic mass is 10.1. The van der Waals surface area contributed by atoms with E-state index in [0.717, 1.165) is 19.3 Å². The number of rotatable bonds is 6. The monoisotopic (exact) mass is 250 g/mol. The highest BCUT2D eigenvalue weighted by Crippen LogP contribution is 2.13. The van der Waals surface area contributed by atoms with Gasteiger partial charge in [-0.2, -0.15) is 0 Å². The Morgan fingerprint density at radius 1 is 1.28 bits per heavy atom. The highest BCUT2D eigenvalue weighted by Gasteiger charge is 2.18. The van der Waals surface area contributed by atoms with Crippen LogP contribution in [-0.4, -0.2) is 23.1 Å². The average Bonchev–Trinajstić information content (AvgIpc) is 2.36. The number of aromatic carboxylic acids is 1. The van der Waals surface area contributed by atoms with Crippen molar-refractivity contribution in [3.05, 3.63) is 35.4 Å². The van der Waals surface area contributed by atoms with Crippen LogP contribution in [0.1, 0.15) is 53.8 Å². The largest absolute Gasteiger partial charge is 0.478 e. The van der Waals surface area contributed by atoms with Crippen molar-refractivity contribution in [1.29, 1.82) is 0 Å². The van der Waals surface area contributed by atoms with Gasteiger partial charge in [0.25, 0.3) is 0 Å². The fraction of sp³-hybridized carbons (Fsp3) is 0.429. The van der Waals surface area contributed by atoms with Crippen LogP contribution in [0.4, 0.5) is 0 Å². The maximum Gasteiger partial charge on any atom is 0.339 e. The summed E-state index contributed by atoms with van der Waals surface area (Å²) in [6.45, 7) is 3.88. The zero-order valence-corrected chi connectivity index (χ0v) is 10.7. The lowest BCUT2D eigenvalue weighted by molar-refractivity contribution is 0.0314. The Morgan fingerprint density at radius 3 is 2.44 bits per heavy atom. The van der Waals surface area contributed by atoms with Gasteiger partial charge in [0.2, 0.25) is 0 Å². The number of esters is 1. The van der Waals surface area contributed by atoms with Crippen LogP contribution < -0.4 is 0 Å². The van der Waals surface area contributed by atoms with E-state index in [4.69, 9.17) is 9.84 Å². The third-order valence-corrected chi connectivity index (χ3v) is 2.65. The molecule has 0 aliphatic rings. The Labute approximate surface area is 107 Å². The highest BCUT2D eigenvalue weighted by atomic mass is 16.5. The summed E-state index contributed by atoms with van der Waals surface area (Å²) in [6, 6.07) is 6.08. The lowest BCUT2D eigenvalue weighted by Gasteiger charge is -2.13. The molecular weight excluding hydrogens is 232 g/mol. The Kier molecular flexibility index (Phi) is 5.36. The molecule has 1 aromatic rings. The Hall–Kier alpha value is -1.84. The Bertz CT molecular complexity index is 426. The standard InChI is InChI=1S/C14H18O4/c1-3-4-7-10(2)18-14(17)12-9-6-5-8-11(12)13(15)16/h5-6,8-10H,3-4,7H2,1-2H3,(H,15,16)/t10-/m1/s1. The van der Waals surface area contributed by atoms with Crippen molar-refractivity contribution in [3.63, 3.8) is 0 Å². The van der Waals surface area contributed by atoms with Gasteiger partial charge in [-0.05, 0) is 25.5 Å². The first kappa shape index (κ1) is 14.2. The molecule has 0 saturated heterocycles. The number of hydrogen-bond acceptors (Lipinski definition) is 3. The van der Waals surface area contributed by atoms with E-state index in [0.29, 0.717) is 0 Å². The highest BCUT2D eigenvalue weighted by molar-refractivity contribution is 6.02. The molecule has 4 nitrogen and oxygen atoms in total. The van der Waals surface area contributed by atoms with E-state index in [2.05, 4.69) is 6.92 Å². The van der Waals surface area contributed by atoms with E-state index in [1.807, 2.05) is 6.92 Å². The Balaban J connectivity index is 2.75. The fourth-order valence-corrected chi connectivity index (χ4v) is 1.64. The molecule has 0 radical (unpaired) electrons. The van der Waals surface area contributed by atoms with Gasteiger partial charge in [0.1, 0.15) is 0 Å². The van der Waals surface area contributed by atoms with E-state index in [1.54, 1.807) is 12.1 Å². The van der Waals surface area contributed by atoms with E-state index in [1.165, 1.54) is 12.1 Å². The first-order valence-electron chi connectivity index (χ1n) is 6.09. The second-order valence-corrected chi connectivity index (χ2v) is 4.21. The number of unbranched alkanes of at least 4 members (excludes halogenated alkanes) is 1. The van der Waals surface area contributed by atoms with Crippen molar-refractivity contribution < 1.29 is 19.4 Å². The summed E-state index contributed by atoms with van der Waals surface area (Å²) in [4.78, 5) is 22.8. The number of carboxylic acids is 1. The summed E-state index contributed by atoms with van der Waals surface area (Å²) in [6.07, 6.45) is 2.61. The predicted molar refractivity (Wildman–Crippen MR) is 67.8 cm³/mol. The molecule has 0 aromatic heterocycles. The van der Waals surface area contributed by atoms with Gasteiger partial charge in [-0.1, -0.05) is 31.9 Å². The van der Waals surface area contributed by atoms with Gasteiger partial charge >= 0.3 is 11.9 Å². The average molecular weight is 250 g/mol. The van der Waals surface area contributed by atoms with Crippen molar-refractivity contribution in [2.45, 2.75) is 39.2 Å². The summed E-state index contributed by atoms with van der Waals surface area (Å²) in [5, 5.41) is 8.98. The van der Waals surface area contributed by atoms with Crippen molar-refractivity contribution in [3.8, 4) is 0 Å². The number of carboxylic acid groups (broad SMARTS) is 1. The van der Waals surface area contributed by atoms with Crippen molar-refractivity contribution >= 4 is 11.9 Å². The first-order valence-corrected chi connectivity index (χ1v) is 6.09. The zero-order valence-electron chi connectivity index (χ0n) is 10.7. The minimum atomic E-state index is -1.12. The maximum atomic E-state index is 11.9. The van der Waals surface area contributed by atoms with Gasteiger partial charge in [0.15, 0.2) is 0 Å². The number of hydrogen-bond donors (Lipinski definition) is 1. The topological polar surface area (TPSA) is 63.6 Å². The molecule has 1 N–H and O–H groups in total. The first-order chi connectivity index (χ1) is 8.56. The molecule has 0 spiro atoms. The van der Waals surface area contributed by atoms with Gasteiger partial charge in [0.05, 0.1) is 17.2 Å². The van der Waals surface area contributed by atoms with Crippen LogP contribution in [0.3, 0.4) is 0 Å². The van der Waals surface area contributed by atoms with Crippen LogP contribution in [-0.2, 0) is 4.74 Å². The third-order valence-electron chi connectivity index (χ3n) is 2.65. The maximum absolute atomic E-state index is 11.9. The third kappa shape index (κ3) is 3.87. The van der Waals surface area contributed by atoms with Crippen LogP contribution in [0.5, 0.6) is 0 Å². The zero-order chi connectivity index (χ0) is 13.5. The van der Waals surface area contributed by atoms with Gasteiger partial charge in [0, 0.05) is 0 Å². The molecule has 0 heterocycles. The number of benzene rings is 1. The number of carbonyl (C=O) groups excluding carboxylic acids is 1. The minimum Gasteiger partial charge on any atom is -0.478 e. The van der Waals surface area contributed by atoms with Crippen LogP contribution in [0.2, 0.25) is 0 Å². The van der Waals surface area contributed by atoms with E-state index >= 15 is 0 Å². The van der Waals surface area contributed by atoms with E-state index < -0.39 is 11.9 Å². The second-order valence-electron chi connectivity index (χ2n) is 4.21. The molecule has 0 fully saturated rings. The summed E-state index contributed by atoms with van der Waals surface area (Å²) in [7, 11) is 0. The van der Waals surface area contributed by atoms with Gasteiger partial charge < -0.3 is 9.84 Å². The molecule has 1 aromatic carbocycles. The van der Waals surface area contributed by atoms with Crippen LogP contribution in [0, 0.1) is 0 Å². The summed E-state index contributed by atoms with van der Waals surface area (Å²) in [5.74, 6) is -1.69. The van der Waals surface area contributed by atoms with Crippen LogP contribution in [0.25, 0.3) is 0 Å². The molecule has 18 heavy (non-hydrogen) atoms. The summed E-state index contributed by atoms with van der Waals surface area (Å²) >= 11 is 0. The van der Waals surface area contributed by atoms with Gasteiger partial charge in [-0.15, -0.1) is 0 Å². The van der Waals surface area contributed by atoms with Gasteiger partial charge in [-0.3, -0.25) is 0 Å². The molecule has 0 unspecified atom stereocenters. The van der Waals surface area contributed by atoms with Crippen molar-refractivity contribution in [1.82, 2.24) is 0 Å². The fourth-order valence-electron chi connectivity index (χ4n) is 1.64. The molecule has 0 saturated carbocycles. The summed E-state index contributed by atoms with van der Waals surface area (Å²) in [5.41, 5.74) is 0.0820. The quantitative estimate of drug-likeness (QED) is 0.788. The molecule has 98 valence electrons. The smallest absolute Gasteiger partial charge is 0.339 e. The lowest BCUT2D eigenvalue weighted by Crippen LogP contribution is -2.17. The molecule has 0 aliphatic carbocycles. The minimum absolute atomic E-state index is 0.0230. The van der Waals surface area contributed by atoms with E-state index in [9.17, 15) is 9.59 Å². The number of ether oxygens (including phenoxy) is 1. The molecule has 1 atom stereocenters. The Morgan fingerprint density at radius 2 is 1.89 bits per heavy atom. The molecule has 0 amide bonds. The molecule has 0 bridgehead atoms. The SMILES string of the molecule is CCCC[C@@H](C)OC(=O)c1ccccc1C(=O)O. The molecule has 4 heteroatoms. The van der Waals surface area contributed by atoms with Crippen LogP contribution >= 0.6 is 0 Å². The summed E-state index contributed by atoms with van der Waals surface area (Å²) < 4.78 is 5.23. The van der Waals surface area contributed by atoms with Gasteiger partial charge in [-0.25, -0.2) is 9.59 Å². The molecular formula is C14H18O4. The van der Waals surface area contributed by atoms with Crippen molar-refractivity contribution in [2.75, 3.05) is 0 Å². The molecule has 1 rings (SSSR count). The molecule has 0 aliphatic heterocycles.